The van der Waals surface area contributed by atoms with E-state index in [-0.39, 0.29) is 17.6 Å². The molecule has 0 bridgehead atoms. The largest absolute Gasteiger partial charge is 0.497 e. The van der Waals surface area contributed by atoms with Crippen LogP contribution in [0.3, 0.4) is 0 Å². The molecule has 2 aromatic rings. The molecule has 0 unspecified atom stereocenters. The highest BCUT2D eigenvalue weighted by molar-refractivity contribution is 6.34. The van der Waals surface area contributed by atoms with E-state index < -0.39 is 5.97 Å². The van der Waals surface area contributed by atoms with E-state index in [2.05, 4.69) is 9.97 Å². The Balaban J connectivity index is 2.55. The molecule has 0 atom stereocenters. The van der Waals surface area contributed by atoms with Gasteiger partial charge in [-0.2, -0.15) is 0 Å². The minimum absolute atomic E-state index is 0.0531. The van der Waals surface area contributed by atoms with Gasteiger partial charge in [-0.1, -0.05) is 11.6 Å². The lowest BCUT2D eigenvalue weighted by atomic mass is 10.2. The van der Waals surface area contributed by atoms with Crippen LogP contribution in [0.25, 0.3) is 10.9 Å². The molecule has 0 aliphatic carbocycles. The van der Waals surface area contributed by atoms with Crippen LogP contribution in [0.4, 0.5) is 0 Å². The Kier molecular flexibility index (Phi) is 3.62. The average molecular weight is 267 g/mol. The fourth-order valence-corrected chi connectivity index (χ4v) is 1.72. The average Bonchev–Trinajstić information content (AvgIpc) is 2.38. The molecule has 0 saturated carbocycles. The Bertz CT molecular complexity index is 601. The van der Waals surface area contributed by atoms with Crippen LogP contribution >= 0.6 is 11.6 Å². The normalized spacial score (nSPS) is 10.4. The molecule has 2 rings (SSSR count). The van der Waals surface area contributed by atoms with Gasteiger partial charge < -0.3 is 9.47 Å². The van der Waals surface area contributed by atoms with E-state index in [1.165, 1.54) is 0 Å². The number of hydrogen-bond donors (Lipinski definition) is 0. The zero-order valence-corrected chi connectivity index (χ0v) is 10.7. The number of aromatic nitrogens is 2. The highest BCUT2D eigenvalue weighted by Gasteiger charge is 2.14. The van der Waals surface area contributed by atoms with E-state index in [1.54, 1.807) is 32.2 Å². The number of rotatable bonds is 3. The van der Waals surface area contributed by atoms with Crippen LogP contribution in [-0.2, 0) is 4.74 Å². The Hall–Kier alpha value is -1.88. The van der Waals surface area contributed by atoms with Crippen LogP contribution in [-0.4, -0.2) is 29.7 Å². The zero-order chi connectivity index (χ0) is 13.1. The third-order valence-corrected chi connectivity index (χ3v) is 2.60. The van der Waals surface area contributed by atoms with Crippen molar-refractivity contribution in [1.82, 2.24) is 9.97 Å². The standard InChI is InChI=1S/C12H11ClN2O3/c1-3-18-12(16)11-14-9-6-7(17-2)4-5-8(9)10(13)15-11/h4-6H,3H2,1-2H3. The lowest BCUT2D eigenvalue weighted by Gasteiger charge is -2.05. The Labute approximate surface area is 109 Å². The number of methoxy groups -OCH3 is 1. The molecule has 0 fully saturated rings. The number of benzene rings is 1. The van der Waals surface area contributed by atoms with Gasteiger partial charge in [0, 0.05) is 11.5 Å². The van der Waals surface area contributed by atoms with Crippen molar-refractivity contribution in [3.8, 4) is 5.75 Å². The highest BCUT2D eigenvalue weighted by Crippen LogP contribution is 2.24. The molecule has 0 aliphatic rings. The number of halogens is 1. The molecule has 1 aromatic heterocycles. The van der Waals surface area contributed by atoms with E-state index in [9.17, 15) is 4.79 Å². The number of nitrogens with zero attached hydrogens (tertiary/aromatic N) is 2. The molecule has 1 aromatic carbocycles. The maximum absolute atomic E-state index is 11.6. The van der Waals surface area contributed by atoms with Crippen molar-refractivity contribution in [2.45, 2.75) is 6.92 Å². The van der Waals surface area contributed by atoms with Gasteiger partial charge in [0.15, 0.2) is 0 Å². The summed E-state index contributed by atoms with van der Waals surface area (Å²) >= 11 is 6.00. The van der Waals surface area contributed by atoms with E-state index in [1.807, 2.05) is 0 Å². The van der Waals surface area contributed by atoms with E-state index in [4.69, 9.17) is 21.1 Å². The molecule has 0 aliphatic heterocycles. The topological polar surface area (TPSA) is 61.3 Å². The quantitative estimate of drug-likeness (QED) is 0.631. The number of carbonyl (C=O) groups excluding carboxylic acids is 1. The third-order valence-electron chi connectivity index (χ3n) is 2.32. The molecule has 0 N–H and O–H groups in total. The van der Waals surface area contributed by atoms with Crippen molar-refractivity contribution in [2.75, 3.05) is 13.7 Å². The monoisotopic (exact) mass is 266 g/mol. The molecule has 0 spiro atoms. The number of esters is 1. The molecule has 5 nitrogen and oxygen atoms in total. The van der Waals surface area contributed by atoms with Crippen LogP contribution in [0.15, 0.2) is 18.2 Å². The summed E-state index contributed by atoms with van der Waals surface area (Å²) in [6.07, 6.45) is 0. The summed E-state index contributed by atoms with van der Waals surface area (Å²) in [6, 6.07) is 5.18. The first-order valence-electron chi connectivity index (χ1n) is 5.34. The van der Waals surface area contributed by atoms with Gasteiger partial charge in [-0.25, -0.2) is 14.8 Å². The fraction of sp³-hybridized carbons (Fsp3) is 0.250. The molecule has 0 radical (unpaired) electrons. The fourth-order valence-electron chi connectivity index (χ4n) is 1.48. The van der Waals surface area contributed by atoms with Crippen molar-refractivity contribution in [1.29, 1.82) is 0 Å². The number of hydrogen-bond acceptors (Lipinski definition) is 5. The van der Waals surface area contributed by atoms with Gasteiger partial charge >= 0.3 is 5.97 Å². The third kappa shape index (κ3) is 2.36. The first kappa shape index (κ1) is 12.6. The second-order valence-corrected chi connectivity index (χ2v) is 3.80. The second-order valence-electron chi connectivity index (χ2n) is 3.44. The Morgan fingerprint density at radius 2 is 2.17 bits per heavy atom. The van der Waals surface area contributed by atoms with Gasteiger partial charge in [0.1, 0.15) is 10.9 Å². The first-order chi connectivity index (χ1) is 8.65. The predicted octanol–water partition coefficient (Wildman–Crippen LogP) is 2.47. The molecule has 0 saturated heterocycles. The first-order valence-corrected chi connectivity index (χ1v) is 5.72. The predicted molar refractivity (Wildman–Crippen MR) is 67.1 cm³/mol. The van der Waals surface area contributed by atoms with Gasteiger partial charge in [-0.05, 0) is 19.1 Å². The minimum atomic E-state index is -0.593. The maximum atomic E-state index is 11.6. The summed E-state index contributed by atoms with van der Waals surface area (Å²) in [4.78, 5) is 19.6. The second kappa shape index (κ2) is 5.18. The summed E-state index contributed by atoms with van der Waals surface area (Å²) in [5, 5.41) is 0.872. The summed E-state index contributed by atoms with van der Waals surface area (Å²) in [5.74, 6) is -0.0150. The smallest absolute Gasteiger partial charge is 0.376 e. The van der Waals surface area contributed by atoms with E-state index >= 15 is 0 Å². The zero-order valence-electron chi connectivity index (χ0n) is 9.94. The summed E-state index contributed by atoms with van der Waals surface area (Å²) in [7, 11) is 1.55. The van der Waals surface area contributed by atoms with Crippen molar-refractivity contribution in [2.24, 2.45) is 0 Å². The highest BCUT2D eigenvalue weighted by atomic mass is 35.5. The SMILES string of the molecule is CCOC(=O)c1nc(Cl)c2ccc(OC)cc2n1. The van der Waals surface area contributed by atoms with Gasteiger partial charge in [0.25, 0.3) is 0 Å². The van der Waals surface area contributed by atoms with Crippen molar-refractivity contribution in [3.05, 3.63) is 29.2 Å². The maximum Gasteiger partial charge on any atom is 0.376 e. The van der Waals surface area contributed by atoms with Gasteiger partial charge in [-0.15, -0.1) is 0 Å². The molecular weight excluding hydrogens is 256 g/mol. The van der Waals surface area contributed by atoms with E-state index in [0.29, 0.717) is 16.7 Å². The van der Waals surface area contributed by atoms with Crippen molar-refractivity contribution in [3.63, 3.8) is 0 Å². The van der Waals surface area contributed by atoms with Gasteiger partial charge in [0.2, 0.25) is 5.82 Å². The van der Waals surface area contributed by atoms with Crippen LogP contribution in [0.5, 0.6) is 5.75 Å². The minimum Gasteiger partial charge on any atom is -0.497 e. The molecule has 94 valence electrons. The Morgan fingerprint density at radius 3 is 2.83 bits per heavy atom. The molecule has 1 heterocycles. The molecule has 0 amide bonds. The van der Waals surface area contributed by atoms with Crippen LogP contribution in [0.1, 0.15) is 17.5 Å². The van der Waals surface area contributed by atoms with Crippen molar-refractivity contribution < 1.29 is 14.3 Å². The summed E-state index contributed by atoms with van der Waals surface area (Å²) in [6.45, 7) is 1.97. The lowest BCUT2D eigenvalue weighted by Crippen LogP contribution is -2.10. The number of ether oxygens (including phenoxy) is 2. The van der Waals surface area contributed by atoms with Gasteiger partial charge in [0.05, 0.1) is 19.2 Å². The number of carbonyl (C=O) groups is 1. The van der Waals surface area contributed by atoms with Gasteiger partial charge in [-0.3, -0.25) is 0 Å². The van der Waals surface area contributed by atoms with Crippen LogP contribution in [0, 0.1) is 0 Å². The van der Waals surface area contributed by atoms with E-state index in [0.717, 1.165) is 0 Å². The van der Waals surface area contributed by atoms with Crippen LogP contribution in [0.2, 0.25) is 5.15 Å². The molecule has 6 heteroatoms. The molecule has 18 heavy (non-hydrogen) atoms. The van der Waals surface area contributed by atoms with Crippen LogP contribution < -0.4 is 4.74 Å². The lowest BCUT2D eigenvalue weighted by molar-refractivity contribution is 0.0512. The summed E-state index contributed by atoms with van der Waals surface area (Å²) in [5.41, 5.74) is 0.539. The number of fused-ring (bicyclic) bond motifs is 1. The summed E-state index contributed by atoms with van der Waals surface area (Å²) < 4.78 is 9.92. The molecular formula is C12H11ClN2O3. The van der Waals surface area contributed by atoms with Crippen molar-refractivity contribution >= 4 is 28.5 Å². The Morgan fingerprint density at radius 1 is 1.39 bits per heavy atom.